The third-order valence-corrected chi connectivity index (χ3v) is 3.77. The molecule has 19 heavy (non-hydrogen) atoms. The van der Waals surface area contributed by atoms with Gasteiger partial charge in [0.1, 0.15) is 5.52 Å². The van der Waals surface area contributed by atoms with Gasteiger partial charge in [-0.1, -0.05) is 0 Å². The Bertz CT molecular complexity index is 597. The number of hydrogen-bond donors (Lipinski definition) is 2. The molecule has 7 heteroatoms. The molecular weight excluding hydrogens is 266 g/mol. The van der Waals surface area contributed by atoms with Gasteiger partial charge >= 0.3 is 0 Å². The van der Waals surface area contributed by atoms with Crippen LogP contribution in [0.2, 0.25) is 5.28 Å². The molecule has 0 spiro atoms. The number of aromatic nitrogens is 4. The minimum absolute atomic E-state index is 0.200. The molecule has 1 aliphatic heterocycles. The summed E-state index contributed by atoms with van der Waals surface area (Å²) in [7, 11) is 0. The second-order valence-corrected chi connectivity index (χ2v) is 5.59. The fourth-order valence-electron chi connectivity index (χ4n) is 2.50. The van der Waals surface area contributed by atoms with Crippen LogP contribution in [-0.4, -0.2) is 43.7 Å². The number of hydrogen-bond acceptors (Lipinski definition) is 5. The van der Waals surface area contributed by atoms with E-state index in [4.69, 9.17) is 11.6 Å². The largest absolute Gasteiger partial charge is 0.390 e. The highest BCUT2D eigenvalue weighted by Crippen LogP contribution is 2.28. The van der Waals surface area contributed by atoms with E-state index in [1.807, 2.05) is 6.92 Å². The maximum atomic E-state index is 10.1. The van der Waals surface area contributed by atoms with Crippen LogP contribution in [0.1, 0.15) is 26.2 Å². The predicted molar refractivity (Wildman–Crippen MR) is 73.4 cm³/mol. The zero-order chi connectivity index (χ0) is 13.5. The number of rotatable bonds is 1. The first-order valence-corrected chi connectivity index (χ1v) is 6.77. The van der Waals surface area contributed by atoms with Gasteiger partial charge in [-0.2, -0.15) is 9.97 Å². The fourth-order valence-corrected chi connectivity index (χ4v) is 2.66. The van der Waals surface area contributed by atoms with Crippen LogP contribution in [0.4, 0.5) is 5.82 Å². The summed E-state index contributed by atoms with van der Waals surface area (Å²) in [5.41, 5.74) is 0.774. The van der Waals surface area contributed by atoms with E-state index in [0.717, 1.165) is 37.3 Å². The van der Waals surface area contributed by atoms with Gasteiger partial charge in [-0.25, -0.2) is 4.98 Å². The van der Waals surface area contributed by atoms with Crippen LogP contribution in [0.3, 0.4) is 0 Å². The fraction of sp³-hybridized carbons (Fsp3) is 0.583. The summed E-state index contributed by atoms with van der Waals surface area (Å²) < 4.78 is 0. The molecule has 1 unspecified atom stereocenters. The summed E-state index contributed by atoms with van der Waals surface area (Å²) in [5, 5.41) is 10.3. The third-order valence-electron chi connectivity index (χ3n) is 3.60. The normalized spacial score (nSPS) is 24.7. The molecule has 102 valence electrons. The van der Waals surface area contributed by atoms with Crippen LogP contribution in [-0.2, 0) is 0 Å². The number of aliphatic hydroxyl groups is 1. The quantitative estimate of drug-likeness (QED) is 0.779. The summed E-state index contributed by atoms with van der Waals surface area (Å²) in [6, 6.07) is 0. The van der Waals surface area contributed by atoms with Crippen LogP contribution < -0.4 is 4.90 Å². The molecule has 1 fully saturated rings. The van der Waals surface area contributed by atoms with Gasteiger partial charge in [0.05, 0.1) is 11.9 Å². The first-order chi connectivity index (χ1) is 9.05. The number of imidazole rings is 1. The molecule has 0 aromatic carbocycles. The van der Waals surface area contributed by atoms with Crippen molar-refractivity contribution < 1.29 is 5.11 Å². The zero-order valence-electron chi connectivity index (χ0n) is 10.7. The van der Waals surface area contributed by atoms with Gasteiger partial charge in [0, 0.05) is 13.1 Å². The Balaban J connectivity index is 1.97. The maximum Gasteiger partial charge on any atom is 0.226 e. The van der Waals surface area contributed by atoms with E-state index in [0.29, 0.717) is 12.1 Å². The van der Waals surface area contributed by atoms with E-state index in [1.54, 1.807) is 6.33 Å². The zero-order valence-corrected chi connectivity index (χ0v) is 11.5. The second-order valence-electron chi connectivity index (χ2n) is 5.25. The molecule has 1 atom stereocenters. The Morgan fingerprint density at radius 1 is 1.37 bits per heavy atom. The highest BCUT2D eigenvalue weighted by Gasteiger charge is 2.26. The van der Waals surface area contributed by atoms with Gasteiger partial charge in [-0.15, -0.1) is 0 Å². The van der Waals surface area contributed by atoms with E-state index < -0.39 is 5.60 Å². The van der Waals surface area contributed by atoms with Crippen molar-refractivity contribution in [2.24, 2.45) is 0 Å². The van der Waals surface area contributed by atoms with Crippen LogP contribution in [0.5, 0.6) is 0 Å². The Kier molecular flexibility index (Phi) is 3.06. The summed E-state index contributed by atoms with van der Waals surface area (Å²) in [5.74, 6) is 0.769. The summed E-state index contributed by atoms with van der Waals surface area (Å²) in [6.45, 7) is 3.47. The van der Waals surface area contributed by atoms with Crippen molar-refractivity contribution in [2.75, 3.05) is 18.0 Å². The molecule has 1 aliphatic rings. The molecule has 0 radical (unpaired) electrons. The van der Waals surface area contributed by atoms with E-state index in [-0.39, 0.29) is 5.28 Å². The van der Waals surface area contributed by atoms with Gasteiger partial charge < -0.3 is 15.0 Å². The number of nitrogens with one attached hydrogen (secondary N) is 1. The van der Waals surface area contributed by atoms with Crippen molar-refractivity contribution in [1.29, 1.82) is 0 Å². The number of aromatic amines is 1. The molecule has 1 saturated heterocycles. The Labute approximate surface area is 115 Å². The second kappa shape index (κ2) is 4.61. The van der Waals surface area contributed by atoms with Gasteiger partial charge in [-0.05, 0) is 37.8 Å². The minimum atomic E-state index is -0.599. The van der Waals surface area contributed by atoms with Crippen molar-refractivity contribution in [3.63, 3.8) is 0 Å². The summed E-state index contributed by atoms with van der Waals surface area (Å²) in [6.07, 6.45) is 4.02. The number of H-pyrrole nitrogens is 1. The summed E-state index contributed by atoms with van der Waals surface area (Å²) >= 11 is 5.94. The standard InChI is InChI=1S/C12H16ClN5O/c1-12(19)3-2-5-18(6-4-12)10-8-9(15-7-14-8)16-11(13)17-10/h7,19H,2-6H2,1H3,(H,14,15,16,17). The lowest BCUT2D eigenvalue weighted by atomic mass is 9.98. The molecular formula is C12H16ClN5O. The number of fused-ring (bicyclic) bond motifs is 1. The molecule has 6 nitrogen and oxygen atoms in total. The van der Waals surface area contributed by atoms with Crippen LogP contribution in [0, 0.1) is 0 Å². The number of anilines is 1. The van der Waals surface area contributed by atoms with Gasteiger partial charge in [0.15, 0.2) is 11.5 Å². The lowest BCUT2D eigenvalue weighted by Crippen LogP contribution is -2.29. The predicted octanol–water partition coefficient (Wildman–Crippen LogP) is 1.75. The monoisotopic (exact) mass is 281 g/mol. The maximum absolute atomic E-state index is 10.1. The average molecular weight is 282 g/mol. The van der Waals surface area contributed by atoms with Crippen molar-refractivity contribution in [3.8, 4) is 0 Å². The van der Waals surface area contributed by atoms with Crippen molar-refractivity contribution in [1.82, 2.24) is 19.9 Å². The van der Waals surface area contributed by atoms with E-state index in [2.05, 4.69) is 24.8 Å². The average Bonchev–Trinajstić information content (AvgIpc) is 2.72. The van der Waals surface area contributed by atoms with Gasteiger partial charge in [0.25, 0.3) is 0 Å². The Morgan fingerprint density at radius 2 is 2.21 bits per heavy atom. The van der Waals surface area contributed by atoms with Gasteiger partial charge in [-0.3, -0.25) is 0 Å². The van der Waals surface area contributed by atoms with Gasteiger partial charge in [0.2, 0.25) is 5.28 Å². The topological polar surface area (TPSA) is 77.9 Å². The summed E-state index contributed by atoms with van der Waals surface area (Å²) in [4.78, 5) is 17.7. The highest BCUT2D eigenvalue weighted by molar-refractivity contribution is 6.28. The Morgan fingerprint density at radius 3 is 3.05 bits per heavy atom. The first kappa shape index (κ1) is 12.6. The molecule has 0 amide bonds. The highest BCUT2D eigenvalue weighted by atomic mass is 35.5. The molecule has 2 N–H and O–H groups in total. The number of halogens is 1. The van der Waals surface area contributed by atoms with Crippen molar-refractivity contribution in [3.05, 3.63) is 11.6 Å². The van der Waals surface area contributed by atoms with E-state index in [1.165, 1.54) is 0 Å². The van der Waals surface area contributed by atoms with Crippen LogP contribution >= 0.6 is 11.6 Å². The molecule has 0 aliphatic carbocycles. The van der Waals surface area contributed by atoms with E-state index in [9.17, 15) is 5.11 Å². The molecule has 3 heterocycles. The first-order valence-electron chi connectivity index (χ1n) is 6.39. The van der Waals surface area contributed by atoms with E-state index >= 15 is 0 Å². The lowest BCUT2D eigenvalue weighted by Gasteiger charge is -2.23. The molecule has 3 rings (SSSR count). The smallest absolute Gasteiger partial charge is 0.226 e. The van der Waals surface area contributed by atoms with Crippen molar-refractivity contribution in [2.45, 2.75) is 31.8 Å². The molecule has 0 saturated carbocycles. The number of nitrogens with zero attached hydrogens (tertiary/aromatic N) is 4. The molecule has 2 aromatic heterocycles. The minimum Gasteiger partial charge on any atom is -0.390 e. The molecule has 0 bridgehead atoms. The van der Waals surface area contributed by atoms with Crippen LogP contribution in [0.25, 0.3) is 11.2 Å². The Hall–Kier alpha value is -1.40. The third kappa shape index (κ3) is 2.50. The molecule has 2 aromatic rings. The van der Waals surface area contributed by atoms with Crippen LogP contribution in [0.15, 0.2) is 6.33 Å². The lowest BCUT2D eigenvalue weighted by molar-refractivity contribution is 0.0481. The van der Waals surface area contributed by atoms with Crippen molar-refractivity contribution >= 4 is 28.6 Å². The SMILES string of the molecule is CC1(O)CCCN(c2nc(Cl)nc3nc[nH]c23)CC1.